The van der Waals surface area contributed by atoms with Gasteiger partial charge in [0.2, 0.25) is 0 Å². The molecule has 2 aromatic carbocycles. The third kappa shape index (κ3) is 4.47. The molecule has 140 valence electrons. The lowest BCUT2D eigenvalue weighted by molar-refractivity contribution is 0.0946. The van der Waals surface area contributed by atoms with Crippen LogP contribution in [0.15, 0.2) is 42.6 Å². The molecular formula is C18H13Cl3FN3O2. The van der Waals surface area contributed by atoms with Crippen molar-refractivity contribution in [3.8, 4) is 11.5 Å². The van der Waals surface area contributed by atoms with Crippen molar-refractivity contribution in [1.82, 2.24) is 10.3 Å². The number of carbonyl (C=O) groups excluding carboxylic acids is 1. The predicted molar refractivity (Wildman–Crippen MR) is 104 cm³/mol. The maximum Gasteiger partial charge on any atom is 0.269 e. The zero-order valence-electron chi connectivity index (χ0n) is 13.7. The Hall–Kier alpha value is -2.41. The predicted octanol–water partition coefficient (Wildman–Crippen LogP) is 5.42. The fourth-order valence-corrected chi connectivity index (χ4v) is 2.97. The Kier molecular flexibility index (Phi) is 5.79. The number of hydrogen-bond acceptors (Lipinski definition) is 3. The Bertz CT molecular complexity index is 987. The quantitative estimate of drug-likeness (QED) is 0.475. The van der Waals surface area contributed by atoms with Crippen molar-refractivity contribution in [1.29, 1.82) is 0 Å². The van der Waals surface area contributed by atoms with E-state index in [1.54, 1.807) is 6.07 Å². The molecule has 9 heteroatoms. The summed E-state index contributed by atoms with van der Waals surface area (Å²) < 4.78 is 20.4. The zero-order chi connectivity index (χ0) is 19.6. The summed E-state index contributed by atoms with van der Waals surface area (Å²) in [5.74, 6) is -1.13. The highest BCUT2D eigenvalue weighted by molar-refractivity contribution is 6.33. The van der Waals surface area contributed by atoms with Crippen molar-refractivity contribution >= 4 is 46.4 Å². The third-order valence-corrected chi connectivity index (χ3v) is 4.44. The van der Waals surface area contributed by atoms with Gasteiger partial charge in [-0.2, -0.15) is 0 Å². The van der Waals surface area contributed by atoms with Crippen LogP contribution >= 0.6 is 34.8 Å². The summed E-state index contributed by atoms with van der Waals surface area (Å²) in [5.41, 5.74) is 6.44. The van der Waals surface area contributed by atoms with E-state index in [9.17, 15) is 9.18 Å². The number of amides is 1. The zero-order valence-corrected chi connectivity index (χ0v) is 15.9. The van der Waals surface area contributed by atoms with Crippen LogP contribution < -0.4 is 15.8 Å². The number of nitrogens with two attached hydrogens (primary N) is 1. The molecule has 3 rings (SSSR count). The van der Waals surface area contributed by atoms with Crippen molar-refractivity contribution < 1.29 is 13.9 Å². The molecule has 0 fully saturated rings. The molecule has 0 aliphatic rings. The molecule has 5 nitrogen and oxygen atoms in total. The minimum absolute atomic E-state index is 0.0635. The number of ether oxygens (including phenoxy) is 1. The Labute approximate surface area is 169 Å². The standard InChI is InChI=1S/C18H13Cl3FN3O2/c19-10-5-11(23)7-12(6-10)27-17-14(21)2-1-9(15(17)22)8-25-18(26)16-13(20)3-4-24-16/h1-7,24H,8,23H2,(H,25,26). The lowest BCUT2D eigenvalue weighted by Gasteiger charge is -2.13. The largest absolute Gasteiger partial charge is 0.453 e. The van der Waals surface area contributed by atoms with Crippen LogP contribution in [0.4, 0.5) is 10.1 Å². The topological polar surface area (TPSA) is 80.1 Å². The molecule has 0 aliphatic carbocycles. The second-order valence-corrected chi connectivity index (χ2v) is 6.81. The molecular weight excluding hydrogens is 416 g/mol. The van der Waals surface area contributed by atoms with Crippen molar-refractivity contribution in [2.45, 2.75) is 6.54 Å². The van der Waals surface area contributed by atoms with E-state index in [2.05, 4.69) is 10.3 Å². The van der Waals surface area contributed by atoms with Gasteiger partial charge >= 0.3 is 0 Å². The van der Waals surface area contributed by atoms with E-state index >= 15 is 0 Å². The smallest absolute Gasteiger partial charge is 0.269 e. The molecule has 0 saturated carbocycles. The number of aromatic amines is 1. The van der Waals surface area contributed by atoms with E-state index in [-0.39, 0.29) is 39.3 Å². The number of halogens is 4. The van der Waals surface area contributed by atoms with Gasteiger partial charge in [0.25, 0.3) is 5.91 Å². The van der Waals surface area contributed by atoms with Crippen molar-refractivity contribution in [3.05, 3.63) is 74.7 Å². The Morgan fingerprint density at radius 2 is 1.93 bits per heavy atom. The molecule has 0 radical (unpaired) electrons. The van der Waals surface area contributed by atoms with Crippen LogP contribution in [0.3, 0.4) is 0 Å². The van der Waals surface area contributed by atoms with Gasteiger partial charge in [0.05, 0.1) is 10.0 Å². The van der Waals surface area contributed by atoms with E-state index in [0.717, 1.165) is 0 Å². The fourth-order valence-electron chi connectivity index (χ4n) is 2.35. The van der Waals surface area contributed by atoms with Crippen molar-refractivity contribution in [2.75, 3.05) is 5.73 Å². The monoisotopic (exact) mass is 427 g/mol. The molecule has 27 heavy (non-hydrogen) atoms. The van der Waals surface area contributed by atoms with Crippen LogP contribution in [0.5, 0.6) is 11.5 Å². The minimum atomic E-state index is -0.709. The third-order valence-electron chi connectivity index (χ3n) is 3.61. The number of hydrogen-bond donors (Lipinski definition) is 3. The molecule has 0 aliphatic heterocycles. The van der Waals surface area contributed by atoms with E-state index in [0.29, 0.717) is 10.7 Å². The van der Waals surface area contributed by atoms with Crippen LogP contribution in [0.2, 0.25) is 15.1 Å². The maximum atomic E-state index is 14.8. The van der Waals surface area contributed by atoms with Crippen molar-refractivity contribution in [2.24, 2.45) is 0 Å². The summed E-state index contributed by atoms with van der Waals surface area (Å²) in [7, 11) is 0. The van der Waals surface area contributed by atoms with Crippen LogP contribution in [-0.4, -0.2) is 10.9 Å². The van der Waals surface area contributed by atoms with Gasteiger partial charge in [-0.25, -0.2) is 4.39 Å². The molecule has 0 unspecified atom stereocenters. The molecule has 0 saturated heterocycles. The summed E-state index contributed by atoms with van der Waals surface area (Å²) in [6, 6.07) is 8.97. The highest BCUT2D eigenvalue weighted by atomic mass is 35.5. The van der Waals surface area contributed by atoms with Crippen LogP contribution in [-0.2, 0) is 6.54 Å². The number of nitrogens with one attached hydrogen (secondary N) is 2. The SMILES string of the molecule is Nc1cc(Cl)cc(Oc2c(Cl)ccc(CNC(=O)c3[nH]ccc3Cl)c2F)c1. The summed E-state index contributed by atoms with van der Waals surface area (Å²) in [6.45, 7) is -0.0920. The number of benzene rings is 2. The van der Waals surface area contributed by atoms with E-state index in [1.165, 1.54) is 36.5 Å². The highest BCUT2D eigenvalue weighted by Gasteiger charge is 2.17. The first-order chi connectivity index (χ1) is 12.8. The number of nitrogen functional groups attached to an aromatic ring is 1. The molecule has 1 heterocycles. The van der Waals surface area contributed by atoms with Gasteiger partial charge in [0.15, 0.2) is 11.6 Å². The van der Waals surface area contributed by atoms with Gasteiger partial charge in [0.1, 0.15) is 11.4 Å². The van der Waals surface area contributed by atoms with Crippen LogP contribution in [0.25, 0.3) is 0 Å². The summed E-state index contributed by atoms with van der Waals surface area (Å²) in [6.07, 6.45) is 1.53. The minimum Gasteiger partial charge on any atom is -0.453 e. The molecule has 4 N–H and O–H groups in total. The first kappa shape index (κ1) is 19.4. The number of aromatic nitrogens is 1. The first-order valence-electron chi connectivity index (χ1n) is 7.67. The Balaban J connectivity index is 1.81. The van der Waals surface area contributed by atoms with Gasteiger partial charge in [-0.1, -0.05) is 40.9 Å². The van der Waals surface area contributed by atoms with Gasteiger partial charge < -0.3 is 20.8 Å². The van der Waals surface area contributed by atoms with E-state index < -0.39 is 11.7 Å². The number of rotatable bonds is 5. The lowest BCUT2D eigenvalue weighted by atomic mass is 10.2. The fraction of sp³-hybridized carbons (Fsp3) is 0.0556. The average Bonchev–Trinajstić information content (AvgIpc) is 3.03. The lowest BCUT2D eigenvalue weighted by Crippen LogP contribution is -2.24. The summed E-state index contributed by atoms with van der Waals surface area (Å²) in [5, 5.41) is 3.25. The van der Waals surface area contributed by atoms with Crippen LogP contribution in [0, 0.1) is 5.82 Å². The molecule has 1 aromatic heterocycles. The van der Waals surface area contributed by atoms with Gasteiger partial charge in [-0.15, -0.1) is 0 Å². The van der Waals surface area contributed by atoms with Gasteiger partial charge in [-0.05, 0) is 24.3 Å². The van der Waals surface area contributed by atoms with E-state index in [1.807, 2.05) is 0 Å². The number of anilines is 1. The average molecular weight is 429 g/mol. The normalized spacial score (nSPS) is 10.7. The Morgan fingerprint density at radius 3 is 2.59 bits per heavy atom. The molecule has 1 amide bonds. The summed E-state index contributed by atoms with van der Waals surface area (Å²) >= 11 is 17.9. The molecule has 3 aromatic rings. The van der Waals surface area contributed by atoms with Gasteiger partial charge in [-0.3, -0.25) is 4.79 Å². The maximum absolute atomic E-state index is 14.8. The first-order valence-corrected chi connectivity index (χ1v) is 8.80. The second-order valence-electron chi connectivity index (χ2n) is 5.56. The summed E-state index contributed by atoms with van der Waals surface area (Å²) in [4.78, 5) is 14.8. The van der Waals surface area contributed by atoms with Crippen molar-refractivity contribution in [3.63, 3.8) is 0 Å². The molecule has 0 spiro atoms. The molecule has 0 atom stereocenters. The van der Waals surface area contributed by atoms with Gasteiger partial charge in [0, 0.05) is 35.1 Å². The van der Waals surface area contributed by atoms with E-state index in [4.69, 9.17) is 45.3 Å². The number of carbonyl (C=O) groups is 1. The second kappa shape index (κ2) is 8.08. The molecule has 0 bridgehead atoms. The number of H-pyrrole nitrogens is 1. The highest BCUT2D eigenvalue weighted by Crippen LogP contribution is 2.35. The van der Waals surface area contributed by atoms with Crippen LogP contribution in [0.1, 0.15) is 16.1 Å². The Morgan fingerprint density at radius 1 is 1.15 bits per heavy atom.